The van der Waals surface area contributed by atoms with Crippen LogP contribution in [-0.4, -0.2) is 54.3 Å². The predicted octanol–water partition coefficient (Wildman–Crippen LogP) is 4.21. The van der Waals surface area contributed by atoms with Crippen LogP contribution in [0.25, 0.3) is 0 Å². The van der Waals surface area contributed by atoms with Crippen molar-refractivity contribution in [3.8, 4) is 0 Å². The zero-order valence-corrected chi connectivity index (χ0v) is 16.6. The molecule has 3 heteroatoms. The third-order valence-corrected chi connectivity index (χ3v) is 6.51. The molecule has 2 saturated heterocycles. The molecule has 0 aromatic carbocycles. The lowest BCUT2D eigenvalue weighted by atomic mass is 9.87. The van der Waals surface area contributed by atoms with Crippen LogP contribution in [0.2, 0.25) is 0 Å². The van der Waals surface area contributed by atoms with Crippen LogP contribution in [-0.2, 0) is 4.79 Å². The van der Waals surface area contributed by atoms with Crippen LogP contribution in [0.3, 0.4) is 0 Å². The molecule has 2 aliphatic heterocycles. The number of nitrogens with zero attached hydrogens (tertiary/aromatic N) is 2. The second kappa shape index (κ2) is 9.91. The summed E-state index contributed by atoms with van der Waals surface area (Å²) in [4.78, 5) is 17.4. The fraction of sp³-hybridized carbons (Fsp3) is 0.952. The summed E-state index contributed by atoms with van der Waals surface area (Å²) in [6, 6.07) is 0.765. The van der Waals surface area contributed by atoms with Crippen LogP contribution < -0.4 is 0 Å². The van der Waals surface area contributed by atoms with E-state index in [1.807, 2.05) is 13.8 Å². The Morgan fingerprint density at radius 3 is 2.17 bits per heavy atom. The molecule has 2 aliphatic rings. The highest BCUT2D eigenvalue weighted by Crippen LogP contribution is 2.25. The molecule has 0 aliphatic carbocycles. The maximum Gasteiger partial charge on any atom is 0.138 e. The highest BCUT2D eigenvalue weighted by Gasteiger charge is 2.26. The minimum Gasteiger partial charge on any atom is -0.303 e. The Kier molecular flexibility index (Phi) is 8.22. The van der Waals surface area contributed by atoms with E-state index in [9.17, 15) is 4.79 Å². The van der Waals surface area contributed by atoms with Crippen LogP contribution >= 0.6 is 0 Å². The first-order valence-electron chi connectivity index (χ1n) is 10.5. The van der Waals surface area contributed by atoms with Gasteiger partial charge in [0.15, 0.2) is 0 Å². The van der Waals surface area contributed by atoms with Crippen LogP contribution in [0.5, 0.6) is 0 Å². The molecule has 1 atom stereocenters. The highest BCUT2D eigenvalue weighted by atomic mass is 16.1. The van der Waals surface area contributed by atoms with Crippen molar-refractivity contribution in [3.05, 3.63) is 0 Å². The summed E-state index contributed by atoms with van der Waals surface area (Å²) in [6.45, 7) is 14.9. The van der Waals surface area contributed by atoms with Crippen LogP contribution in [0.1, 0.15) is 72.6 Å². The van der Waals surface area contributed by atoms with Crippen LogP contribution in [0, 0.1) is 17.8 Å². The van der Waals surface area contributed by atoms with Gasteiger partial charge in [-0.15, -0.1) is 0 Å². The van der Waals surface area contributed by atoms with Gasteiger partial charge in [-0.05, 0) is 90.5 Å². The average molecular weight is 337 g/mol. The van der Waals surface area contributed by atoms with E-state index < -0.39 is 0 Å². The number of likely N-dealkylation sites (tertiary alicyclic amines) is 2. The molecule has 0 aromatic rings. The molecule has 24 heavy (non-hydrogen) atoms. The normalized spacial score (nSPS) is 23.7. The molecule has 140 valence electrons. The third kappa shape index (κ3) is 5.84. The minimum atomic E-state index is 0.211. The van der Waals surface area contributed by atoms with Crippen molar-refractivity contribution < 1.29 is 4.79 Å². The van der Waals surface area contributed by atoms with E-state index in [0.717, 1.165) is 37.9 Å². The molecule has 3 nitrogen and oxygen atoms in total. The number of carbonyl (C=O) groups excluding carboxylic acids is 1. The number of Topliss-reactive ketones (excluding diaryl/α,β-unsaturated/α-hetero) is 1. The van der Waals surface area contributed by atoms with E-state index in [0.29, 0.717) is 11.7 Å². The Morgan fingerprint density at radius 1 is 1.00 bits per heavy atom. The standard InChI is InChI=1S/C21H40N2O/c1-5-18(4)23-15-8-19(9-16-23)7-6-12-22-13-10-20(11-14-22)21(24)17(2)3/h17-20H,5-16H2,1-4H3. The van der Waals surface area contributed by atoms with Gasteiger partial charge in [0, 0.05) is 17.9 Å². The summed E-state index contributed by atoms with van der Waals surface area (Å²) in [5.74, 6) is 1.99. The van der Waals surface area contributed by atoms with E-state index in [1.54, 1.807) is 0 Å². The van der Waals surface area contributed by atoms with E-state index in [4.69, 9.17) is 0 Å². The smallest absolute Gasteiger partial charge is 0.138 e. The molecule has 2 fully saturated rings. The number of hydrogen-bond acceptors (Lipinski definition) is 3. The summed E-state index contributed by atoms with van der Waals surface area (Å²) in [5.41, 5.74) is 0. The molecule has 0 saturated carbocycles. The van der Waals surface area contributed by atoms with Gasteiger partial charge in [-0.2, -0.15) is 0 Å². The van der Waals surface area contributed by atoms with Crippen molar-refractivity contribution in [2.45, 2.75) is 78.7 Å². The Bertz CT molecular complexity index is 366. The van der Waals surface area contributed by atoms with Crippen molar-refractivity contribution in [1.29, 1.82) is 0 Å². The summed E-state index contributed by atoms with van der Waals surface area (Å²) < 4.78 is 0. The van der Waals surface area contributed by atoms with Crippen molar-refractivity contribution in [2.75, 3.05) is 32.7 Å². The average Bonchev–Trinajstić information content (AvgIpc) is 2.61. The SMILES string of the molecule is CCC(C)N1CCC(CCCN2CCC(C(=O)C(C)C)CC2)CC1. The zero-order chi connectivity index (χ0) is 17.5. The molecular formula is C21H40N2O. The van der Waals surface area contributed by atoms with Gasteiger partial charge in [0.1, 0.15) is 5.78 Å². The highest BCUT2D eigenvalue weighted by molar-refractivity contribution is 5.82. The van der Waals surface area contributed by atoms with Gasteiger partial charge in [0.05, 0.1) is 0 Å². The lowest BCUT2D eigenvalue weighted by Gasteiger charge is -2.36. The molecule has 2 rings (SSSR count). The lowest BCUT2D eigenvalue weighted by molar-refractivity contribution is -0.127. The van der Waals surface area contributed by atoms with Crippen molar-refractivity contribution in [2.24, 2.45) is 17.8 Å². The van der Waals surface area contributed by atoms with E-state index >= 15 is 0 Å². The molecule has 0 amide bonds. The lowest BCUT2D eigenvalue weighted by Crippen LogP contribution is -2.40. The van der Waals surface area contributed by atoms with Gasteiger partial charge in [-0.1, -0.05) is 20.8 Å². The maximum absolute atomic E-state index is 12.1. The number of ketones is 1. The number of hydrogen-bond donors (Lipinski definition) is 0. The number of rotatable bonds is 8. The summed E-state index contributed by atoms with van der Waals surface area (Å²) in [7, 11) is 0. The molecule has 0 radical (unpaired) electrons. The summed E-state index contributed by atoms with van der Waals surface area (Å²) >= 11 is 0. The first-order valence-corrected chi connectivity index (χ1v) is 10.5. The summed E-state index contributed by atoms with van der Waals surface area (Å²) in [6.07, 6.45) is 9.00. The third-order valence-electron chi connectivity index (χ3n) is 6.51. The van der Waals surface area contributed by atoms with E-state index in [2.05, 4.69) is 23.6 Å². The Balaban J connectivity index is 1.57. The summed E-state index contributed by atoms with van der Waals surface area (Å²) in [5, 5.41) is 0. The van der Waals surface area contributed by atoms with E-state index in [-0.39, 0.29) is 5.92 Å². The number of piperidine rings is 2. The van der Waals surface area contributed by atoms with Gasteiger partial charge >= 0.3 is 0 Å². The van der Waals surface area contributed by atoms with Gasteiger partial charge in [-0.3, -0.25) is 4.79 Å². The van der Waals surface area contributed by atoms with Gasteiger partial charge < -0.3 is 9.80 Å². The molecule has 1 unspecified atom stereocenters. The molecule has 0 N–H and O–H groups in total. The minimum absolute atomic E-state index is 0.211. The molecule has 0 aromatic heterocycles. The first-order chi connectivity index (χ1) is 11.5. The first kappa shape index (κ1) is 19.9. The molecule has 2 heterocycles. The molecular weight excluding hydrogens is 296 g/mol. The van der Waals surface area contributed by atoms with Gasteiger partial charge in [0.25, 0.3) is 0 Å². The predicted molar refractivity (Wildman–Crippen MR) is 102 cm³/mol. The quantitative estimate of drug-likeness (QED) is 0.663. The molecule has 0 bridgehead atoms. The van der Waals surface area contributed by atoms with E-state index in [1.165, 1.54) is 51.7 Å². The van der Waals surface area contributed by atoms with Crippen LogP contribution in [0.15, 0.2) is 0 Å². The monoisotopic (exact) mass is 336 g/mol. The van der Waals surface area contributed by atoms with Gasteiger partial charge in [0.2, 0.25) is 0 Å². The molecule has 0 spiro atoms. The zero-order valence-electron chi connectivity index (χ0n) is 16.6. The Morgan fingerprint density at radius 2 is 1.62 bits per heavy atom. The van der Waals surface area contributed by atoms with Crippen LogP contribution in [0.4, 0.5) is 0 Å². The van der Waals surface area contributed by atoms with Crippen molar-refractivity contribution in [1.82, 2.24) is 9.80 Å². The second-order valence-electron chi connectivity index (χ2n) is 8.55. The fourth-order valence-electron chi connectivity index (χ4n) is 4.46. The largest absolute Gasteiger partial charge is 0.303 e. The fourth-order valence-corrected chi connectivity index (χ4v) is 4.46. The Labute approximate surface area is 150 Å². The second-order valence-corrected chi connectivity index (χ2v) is 8.55. The Hall–Kier alpha value is -0.410. The topological polar surface area (TPSA) is 23.6 Å². The maximum atomic E-state index is 12.1. The number of carbonyl (C=O) groups is 1. The van der Waals surface area contributed by atoms with Crippen molar-refractivity contribution >= 4 is 5.78 Å². The van der Waals surface area contributed by atoms with Gasteiger partial charge in [-0.25, -0.2) is 0 Å². The van der Waals surface area contributed by atoms with Crippen molar-refractivity contribution in [3.63, 3.8) is 0 Å².